The fourth-order valence-corrected chi connectivity index (χ4v) is 3.24. The second-order valence-corrected chi connectivity index (χ2v) is 7.63. The average molecular weight is 430 g/mol. The maximum absolute atomic E-state index is 12.1. The van der Waals surface area contributed by atoms with Crippen LogP contribution in [0.2, 0.25) is 0 Å². The SMILES string of the molecule is CC1(C)O[C@H]([C@@H](O)COC(=O)c2ccccc2)[C@@H]([C@@H](O)COC(=O)c2ccccc2)O1. The van der Waals surface area contributed by atoms with Crippen LogP contribution in [-0.2, 0) is 18.9 Å². The van der Waals surface area contributed by atoms with E-state index in [9.17, 15) is 19.8 Å². The summed E-state index contributed by atoms with van der Waals surface area (Å²) in [7, 11) is 0. The Hall–Kier alpha value is -2.78. The Bertz CT molecular complexity index is 796. The maximum atomic E-state index is 12.1. The first-order valence-corrected chi connectivity index (χ1v) is 9.93. The fraction of sp³-hybridized carbons (Fsp3) is 0.391. The number of carbonyl (C=O) groups is 2. The second kappa shape index (κ2) is 10.0. The molecular weight excluding hydrogens is 404 g/mol. The summed E-state index contributed by atoms with van der Waals surface area (Å²) in [6.45, 7) is 2.55. The first-order valence-electron chi connectivity index (χ1n) is 9.93. The van der Waals surface area contributed by atoms with Crippen molar-refractivity contribution in [2.24, 2.45) is 0 Å². The molecule has 0 saturated carbocycles. The van der Waals surface area contributed by atoms with Gasteiger partial charge in [-0.25, -0.2) is 9.59 Å². The predicted octanol–water partition coefficient (Wildman–Crippen LogP) is 1.94. The number of aliphatic hydroxyl groups excluding tert-OH is 2. The van der Waals surface area contributed by atoms with Crippen molar-refractivity contribution in [1.82, 2.24) is 0 Å². The van der Waals surface area contributed by atoms with Gasteiger partial charge in [-0.2, -0.15) is 0 Å². The summed E-state index contributed by atoms with van der Waals surface area (Å²) in [6.07, 6.45) is -4.52. The number of carbonyl (C=O) groups excluding carboxylic acids is 2. The summed E-state index contributed by atoms with van der Waals surface area (Å²) in [5.41, 5.74) is 0.700. The van der Waals surface area contributed by atoms with Gasteiger partial charge in [-0.05, 0) is 38.1 Å². The number of aliphatic hydroxyl groups is 2. The second-order valence-electron chi connectivity index (χ2n) is 7.63. The third-order valence-electron chi connectivity index (χ3n) is 4.71. The van der Waals surface area contributed by atoms with Crippen LogP contribution in [0.5, 0.6) is 0 Å². The zero-order chi connectivity index (χ0) is 22.4. The third kappa shape index (κ3) is 6.11. The highest BCUT2D eigenvalue weighted by molar-refractivity contribution is 5.89. The Labute approximate surface area is 180 Å². The topological polar surface area (TPSA) is 112 Å². The van der Waals surface area contributed by atoms with Gasteiger partial charge in [0, 0.05) is 0 Å². The van der Waals surface area contributed by atoms with Gasteiger partial charge in [-0.15, -0.1) is 0 Å². The molecule has 0 radical (unpaired) electrons. The monoisotopic (exact) mass is 430 g/mol. The van der Waals surface area contributed by atoms with Crippen LogP contribution in [0.3, 0.4) is 0 Å². The molecule has 0 aromatic heterocycles. The fourth-order valence-electron chi connectivity index (χ4n) is 3.24. The highest BCUT2D eigenvalue weighted by Crippen LogP contribution is 2.32. The first kappa shape index (κ1) is 22.9. The highest BCUT2D eigenvalue weighted by atomic mass is 16.8. The van der Waals surface area contributed by atoms with Crippen molar-refractivity contribution in [1.29, 1.82) is 0 Å². The quantitative estimate of drug-likeness (QED) is 0.612. The van der Waals surface area contributed by atoms with Gasteiger partial charge in [-0.3, -0.25) is 0 Å². The standard InChI is InChI=1S/C23H26O8/c1-23(2)30-19(17(24)13-28-21(26)15-9-5-3-6-10-15)20(31-23)18(25)14-29-22(27)16-11-7-4-8-12-16/h3-12,17-20,24-25H,13-14H2,1-2H3/t17-,18-,19+,20+/m0/s1. The molecule has 1 aliphatic rings. The lowest BCUT2D eigenvalue weighted by atomic mass is 10.0. The summed E-state index contributed by atoms with van der Waals surface area (Å²) in [5.74, 6) is -2.28. The van der Waals surface area contributed by atoms with Crippen LogP contribution in [0.1, 0.15) is 34.6 Å². The van der Waals surface area contributed by atoms with Gasteiger partial charge in [0.05, 0.1) is 11.1 Å². The lowest BCUT2D eigenvalue weighted by molar-refractivity contribution is -0.163. The van der Waals surface area contributed by atoms with E-state index in [0.29, 0.717) is 11.1 Å². The highest BCUT2D eigenvalue weighted by Gasteiger charge is 2.48. The summed E-state index contributed by atoms with van der Waals surface area (Å²) in [5, 5.41) is 21.1. The minimum absolute atomic E-state index is 0.350. The minimum atomic E-state index is -1.26. The van der Waals surface area contributed by atoms with Crippen LogP contribution in [-0.4, -0.2) is 65.6 Å². The first-order chi connectivity index (χ1) is 14.8. The zero-order valence-corrected chi connectivity index (χ0v) is 17.3. The molecule has 0 spiro atoms. The largest absolute Gasteiger partial charge is 0.459 e. The van der Waals surface area contributed by atoms with E-state index in [1.807, 2.05) is 0 Å². The van der Waals surface area contributed by atoms with Crippen LogP contribution in [0.15, 0.2) is 60.7 Å². The molecule has 1 heterocycles. The molecule has 2 aromatic rings. The maximum Gasteiger partial charge on any atom is 0.338 e. The molecule has 8 heteroatoms. The van der Waals surface area contributed by atoms with Gasteiger partial charge in [0.1, 0.15) is 37.6 Å². The molecule has 31 heavy (non-hydrogen) atoms. The molecule has 0 bridgehead atoms. The van der Waals surface area contributed by atoms with E-state index in [-0.39, 0.29) is 13.2 Å². The van der Waals surface area contributed by atoms with Gasteiger partial charge < -0.3 is 29.2 Å². The van der Waals surface area contributed by atoms with E-state index in [2.05, 4.69) is 0 Å². The Morgan fingerprint density at radius 3 is 1.52 bits per heavy atom. The van der Waals surface area contributed by atoms with E-state index in [0.717, 1.165) is 0 Å². The van der Waals surface area contributed by atoms with Gasteiger partial charge >= 0.3 is 11.9 Å². The molecule has 3 rings (SSSR count). The molecule has 1 aliphatic heterocycles. The molecule has 166 valence electrons. The Balaban J connectivity index is 1.57. The van der Waals surface area contributed by atoms with E-state index in [4.69, 9.17) is 18.9 Å². The minimum Gasteiger partial charge on any atom is -0.459 e. The van der Waals surface area contributed by atoms with E-state index in [1.165, 1.54) is 0 Å². The number of ether oxygens (including phenoxy) is 4. The van der Waals surface area contributed by atoms with Gasteiger partial charge in [-0.1, -0.05) is 36.4 Å². The van der Waals surface area contributed by atoms with E-state index in [1.54, 1.807) is 74.5 Å². The third-order valence-corrected chi connectivity index (χ3v) is 4.71. The van der Waals surface area contributed by atoms with Crippen LogP contribution in [0, 0.1) is 0 Å². The number of hydrogen-bond donors (Lipinski definition) is 2. The van der Waals surface area contributed by atoms with Crippen molar-refractivity contribution < 1.29 is 38.7 Å². The number of esters is 2. The number of rotatable bonds is 8. The van der Waals surface area contributed by atoms with Crippen LogP contribution < -0.4 is 0 Å². The average Bonchev–Trinajstić information content (AvgIpc) is 3.12. The van der Waals surface area contributed by atoms with Crippen molar-refractivity contribution in [3.05, 3.63) is 71.8 Å². The van der Waals surface area contributed by atoms with Crippen molar-refractivity contribution in [2.45, 2.75) is 44.1 Å². The zero-order valence-electron chi connectivity index (χ0n) is 17.3. The van der Waals surface area contributed by atoms with Crippen molar-refractivity contribution in [2.75, 3.05) is 13.2 Å². The van der Waals surface area contributed by atoms with Crippen molar-refractivity contribution in [3.8, 4) is 0 Å². The molecule has 0 amide bonds. The van der Waals surface area contributed by atoms with Crippen molar-refractivity contribution in [3.63, 3.8) is 0 Å². The smallest absolute Gasteiger partial charge is 0.338 e. The lowest BCUT2D eigenvalue weighted by Gasteiger charge is -2.25. The van der Waals surface area contributed by atoms with Gasteiger partial charge in [0.2, 0.25) is 0 Å². The summed E-state index contributed by atoms with van der Waals surface area (Å²) < 4.78 is 21.7. The van der Waals surface area contributed by atoms with E-state index < -0.39 is 42.1 Å². The molecule has 8 nitrogen and oxygen atoms in total. The number of hydrogen-bond acceptors (Lipinski definition) is 8. The molecular formula is C23H26O8. The Morgan fingerprint density at radius 2 is 1.16 bits per heavy atom. The lowest BCUT2D eigenvalue weighted by Crippen LogP contribution is -2.46. The number of benzene rings is 2. The molecule has 2 aromatic carbocycles. The summed E-state index contributed by atoms with van der Waals surface area (Å²) >= 11 is 0. The molecule has 0 aliphatic carbocycles. The summed E-state index contributed by atoms with van der Waals surface area (Å²) in [4.78, 5) is 24.2. The summed E-state index contributed by atoms with van der Waals surface area (Å²) in [6, 6.07) is 16.7. The van der Waals surface area contributed by atoms with Crippen LogP contribution in [0.25, 0.3) is 0 Å². The Morgan fingerprint density at radius 1 is 0.806 bits per heavy atom. The molecule has 1 saturated heterocycles. The van der Waals surface area contributed by atoms with Crippen LogP contribution >= 0.6 is 0 Å². The van der Waals surface area contributed by atoms with E-state index >= 15 is 0 Å². The van der Waals surface area contributed by atoms with Crippen LogP contribution in [0.4, 0.5) is 0 Å². The molecule has 1 fully saturated rings. The normalized spacial score (nSPS) is 21.8. The molecule has 2 N–H and O–H groups in total. The Kier molecular flexibility index (Phi) is 7.40. The van der Waals surface area contributed by atoms with Gasteiger partial charge in [0.15, 0.2) is 5.79 Å². The predicted molar refractivity (Wildman–Crippen MR) is 109 cm³/mol. The molecule has 4 atom stereocenters. The molecule has 0 unspecified atom stereocenters. The van der Waals surface area contributed by atoms with Gasteiger partial charge in [0.25, 0.3) is 0 Å². The van der Waals surface area contributed by atoms with Crippen molar-refractivity contribution >= 4 is 11.9 Å².